The van der Waals surface area contributed by atoms with Crippen molar-refractivity contribution in [3.63, 3.8) is 0 Å². The van der Waals surface area contributed by atoms with Crippen molar-refractivity contribution >= 4 is 11.9 Å². The summed E-state index contributed by atoms with van der Waals surface area (Å²) in [5.74, 6) is -0.103. The number of aryl methyl sites for hydroxylation is 1. The predicted octanol–water partition coefficient (Wildman–Crippen LogP) is 0.912. The Labute approximate surface area is 149 Å². The van der Waals surface area contributed by atoms with Gasteiger partial charge in [-0.15, -0.1) is 0 Å². The quantitative estimate of drug-likeness (QED) is 0.804. The minimum atomic E-state index is -0.335. The van der Waals surface area contributed by atoms with Crippen molar-refractivity contribution < 1.29 is 14.3 Å². The highest BCUT2D eigenvalue weighted by Crippen LogP contribution is 2.18. The molecule has 25 heavy (non-hydrogen) atoms. The van der Waals surface area contributed by atoms with Crippen LogP contribution in [0.25, 0.3) is 0 Å². The van der Waals surface area contributed by atoms with Gasteiger partial charge >= 0.3 is 5.97 Å². The van der Waals surface area contributed by atoms with Crippen LogP contribution in [0, 0.1) is 0 Å². The number of hydrogen-bond acceptors (Lipinski definition) is 5. The monoisotopic (exact) mass is 345 g/mol. The standard InChI is InChI=1S/C19H27N3O3/c1-25-19(24)16-5-2-15(3-6-16)4-7-18(23)22-11-8-17(14-22)21-12-9-20-10-13-21/h2-3,5-6,17,20H,4,7-14H2,1H3. The van der Waals surface area contributed by atoms with Gasteiger partial charge in [0.05, 0.1) is 12.7 Å². The first kappa shape index (κ1) is 17.9. The normalized spacial score (nSPS) is 21.3. The van der Waals surface area contributed by atoms with E-state index in [0.29, 0.717) is 24.4 Å². The van der Waals surface area contributed by atoms with Crippen molar-refractivity contribution in [3.8, 4) is 0 Å². The lowest BCUT2D eigenvalue weighted by molar-refractivity contribution is -0.130. The van der Waals surface area contributed by atoms with Crippen LogP contribution in [-0.2, 0) is 16.0 Å². The Bertz CT molecular complexity index is 596. The summed E-state index contributed by atoms with van der Waals surface area (Å²) in [7, 11) is 1.37. The maximum absolute atomic E-state index is 12.5. The molecule has 6 nitrogen and oxygen atoms in total. The van der Waals surface area contributed by atoms with E-state index in [1.165, 1.54) is 7.11 Å². The molecule has 0 bridgehead atoms. The number of esters is 1. The molecule has 1 unspecified atom stereocenters. The minimum absolute atomic E-state index is 0.231. The summed E-state index contributed by atoms with van der Waals surface area (Å²) in [5, 5.41) is 3.37. The van der Waals surface area contributed by atoms with Gasteiger partial charge in [0, 0.05) is 51.7 Å². The fourth-order valence-electron chi connectivity index (χ4n) is 3.65. The topological polar surface area (TPSA) is 61.9 Å². The number of hydrogen-bond donors (Lipinski definition) is 1. The molecule has 1 N–H and O–H groups in total. The Kier molecular flexibility index (Phi) is 6.04. The van der Waals surface area contributed by atoms with Crippen LogP contribution in [0.15, 0.2) is 24.3 Å². The molecule has 1 aromatic carbocycles. The number of carbonyl (C=O) groups excluding carboxylic acids is 2. The lowest BCUT2D eigenvalue weighted by Crippen LogP contribution is -2.49. The molecule has 3 rings (SSSR count). The summed E-state index contributed by atoms with van der Waals surface area (Å²) < 4.78 is 4.69. The molecule has 0 aromatic heterocycles. The molecule has 0 spiro atoms. The highest BCUT2D eigenvalue weighted by molar-refractivity contribution is 5.89. The van der Waals surface area contributed by atoms with Gasteiger partial charge in [0.15, 0.2) is 0 Å². The Balaban J connectivity index is 1.45. The number of nitrogens with one attached hydrogen (secondary N) is 1. The molecule has 136 valence electrons. The number of amides is 1. The van der Waals surface area contributed by atoms with Gasteiger partial charge in [-0.3, -0.25) is 9.69 Å². The molecule has 2 fully saturated rings. The first-order chi connectivity index (χ1) is 12.2. The molecule has 2 aliphatic heterocycles. The number of nitrogens with zero attached hydrogens (tertiary/aromatic N) is 2. The summed E-state index contributed by atoms with van der Waals surface area (Å²) >= 11 is 0. The predicted molar refractivity (Wildman–Crippen MR) is 95.5 cm³/mol. The van der Waals surface area contributed by atoms with Crippen LogP contribution in [0.4, 0.5) is 0 Å². The maximum Gasteiger partial charge on any atom is 0.337 e. The van der Waals surface area contributed by atoms with Crippen LogP contribution < -0.4 is 5.32 Å². The molecule has 2 aliphatic rings. The fraction of sp³-hybridized carbons (Fsp3) is 0.579. The van der Waals surface area contributed by atoms with E-state index < -0.39 is 0 Å². The number of ether oxygens (including phenoxy) is 1. The third-order valence-corrected chi connectivity index (χ3v) is 5.19. The maximum atomic E-state index is 12.5. The van der Waals surface area contributed by atoms with E-state index in [1.807, 2.05) is 17.0 Å². The lowest BCUT2D eigenvalue weighted by atomic mass is 10.1. The summed E-state index contributed by atoms with van der Waals surface area (Å²) in [6.07, 6.45) is 2.31. The summed E-state index contributed by atoms with van der Waals surface area (Å²) in [6.45, 7) is 5.99. The summed E-state index contributed by atoms with van der Waals surface area (Å²) in [5.41, 5.74) is 1.61. The number of benzene rings is 1. The third kappa shape index (κ3) is 4.58. The van der Waals surface area contributed by atoms with Gasteiger partial charge < -0.3 is 15.0 Å². The van der Waals surface area contributed by atoms with Crippen molar-refractivity contribution in [3.05, 3.63) is 35.4 Å². The largest absolute Gasteiger partial charge is 0.465 e. The molecule has 2 saturated heterocycles. The minimum Gasteiger partial charge on any atom is -0.465 e. The van der Waals surface area contributed by atoms with Crippen LogP contribution in [0.3, 0.4) is 0 Å². The second kappa shape index (κ2) is 8.45. The Morgan fingerprint density at radius 3 is 2.56 bits per heavy atom. The smallest absolute Gasteiger partial charge is 0.337 e. The average molecular weight is 345 g/mol. The second-order valence-electron chi connectivity index (χ2n) is 6.76. The van der Waals surface area contributed by atoms with Crippen molar-refractivity contribution in [1.29, 1.82) is 0 Å². The first-order valence-corrected chi connectivity index (χ1v) is 9.07. The molecule has 0 saturated carbocycles. The third-order valence-electron chi connectivity index (χ3n) is 5.19. The zero-order valence-corrected chi connectivity index (χ0v) is 14.9. The number of carbonyl (C=O) groups is 2. The fourth-order valence-corrected chi connectivity index (χ4v) is 3.65. The summed E-state index contributed by atoms with van der Waals surface area (Å²) in [6, 6.07) is 7.81. The Morgan fingerprint density at radius 1 is 1.16 bits per heavy atom. The van der Waals surface area contributed by atoms with Crippen LogP contribution in [0.5, 0.6) is 0 Å². The zero-order chi connectivity index (χ0) is 17.6. The van der Waals surface area contributed by atoms with Gasteiger partial charge in [0.1, 0.15) is 0 Å². The van der Waals surface area contributed by atoms with Crippen molar-refractivity contribution in [2.45, 2.75) is 25.3 Å². The van der Waals surface area contributed by atoms with E-state index in [0.717, 1.165) is 51.3 Å². The van der Waals surface area contributed by atoms with Crippen LogP contribution in [0.2, 0.25) is 0 Å². The van der Waals surface area contributed by atoms with Gasteiger partial charge in [-0.05, 0) is 30.5 Å². The van der Waals surface area contributed by atoms with E-state index in [2.05, 4.69) is 10.2 Å². The Hall–Kier alpha value is -1.92. The van der Waals surface area contributed by atoms with E-state index in [9.17, 15) is 9.59 Å². The van der Waals surface area contributed by atoms with Gasteiger partial charge in [-0.25, -0.2) is 4.79 Å². The molecule has 1 atom stereocenters. The summed E-state index contributed by atoms with van der Waals surface area (Å²) in [4.78, 5) is 28.4. The molecule has 1 aromatic rings. The number of methoxy groups -OCH3 is 1. The molecule has 0 radical (unpaired) electrons. The lowest BCUT2D eigenvalue weighted by Gasteiger charge is -2.32. The zero-order valence-electron chi connectivity index (χ0n) is 14.9. The van der Waals surface area contributed by atoms with Crippen molar-refractivity contribution in [2.75, 3.05) is 46.4 Å². The van der Waals surface area contributed by atoms with E-state index in [4.69, 9.17) is 4.74 Å². The van der Waals surface area contributed by atoms with Crippen molar-refractivity contribution in [1.82, 2.24) is 15.1 Å². The van der Waals surface area contributed by atoms with E-state index >= 15 is 0 Å². The average Bonchev–Trinajstić information content (AvgIpc) is 3.17. The highest BCUT2D eigenvalue weighted by atomic mass is 16.5. The number of likely N-dealkylation sites (tertiary alicyclic amines) is 1. The van der Waals surface area contributed by atoms with Gasteiger partial charge in [-0.2, -0.15) is 0 Å². The van der Waals surface area contributed by atoms with Crippen LogP contribution in [-0.4, -0.2) is 74.1 Å². The molecule has 6 heteroatoms. The molecular formula is C19H27N3O3. The van der Waals surface area contributed by atoms with Gasteiger partial charge in [-0.1, -0.05) is 12.1 Å². The van der Waals surface area contributed by atoms with E-state index in [1.54, 1.807) is 12.1 Å². The van der Waals surface area contributed by atoms with Crippen molar-refractivity contribution in [2.24, 2.45) is 0 Å². The van der Waals surface area contributed by atoms with Crippen LogP contribution >= 0.6 is 0 Å². The molecule has 1 amide bonds. The molecule has 0 aliphatic carbocycles. The number of piperazine rings is 1. The van der Waals surface area contributed by atoms with Crippen LogP contribution in [0.1, 0.15) is 28.8 Å². The first-order valence-electron chi connectivity index (χ1n) is 9.07. The molecular weight excluding hydrogens is 318 g/mol. The van der Waals surface area contributed by atoms with E-state index in [-0.39, 0.29) is 11.9 Å². The molecule has 2 heterocycles. The van der Waals surface area contributed by atoms with Gasteiger partial charge in [0.25, 0.3) is 0 Å². The highest BCUT2D eigenvalue weighted by Gasteiger charge is 2.30. The second-order valence-corrected chi connectivity index (χ2v) is 6.76. The number of rotatable bonds is 5. The Morgan fingerprint density at radius 2 is 1.88 bits per heavy atom. The SMILES string of the molecule is COC(=O)c1ccc(CCC(=O)N2CCC(N3CCNCC3)C2)cc1. The van der Waals surface area contributed by atoms with Gasteiger partial charge in [0.2, 0.25) is 5.91 Å².